The molecule has 0 unspecified atom stereocenters. The highest BCUT2D eigenvalue weighted by Gasteiger charge is 2.16. The number of ether oxygens (including phenoxy) is 1. The number of hydrogen-bond donors (Lipinski definition) is 1. The van der Waals surface area contributed by atoms with Crippen molar-refractivity contribution >= 4 is 35.2 Å². The Hall–Kier alpha value is -2.06. The standard InChI is InChI=1S/C19H25ClN4O3S/c1-5-24-18(14-6-8-15(20)9-7-14)22-23-19(24)28-11-17(26)27-10-16(25)21-13(4)12(2)3/h6-9,12-13H,5,10-11H2,1-4H3,(H,21,25)/t13-/m1/s1. The van der Waals surface area contributed by atoms with Gasteiger partial charge in [-0.05, 0) is 44.0 Å². The molecule has 0 fully saturated rings. The van der Waals surface area contributed by atoms with Gasteiger partial charge in [-0.2, -0.15) is 0 Å². The summed E-state index contributed by atoms with van der Waals surface area (Å²) in [6.07, 6.45) is 0. The fourth-order valence-corrected chi connectivity index (χ4v) is 3.19. The van der Waals surface area contributed by atoms with Gasteiger partial charge in [-0.25, -0.2) is 0 Å². The number of nitrogens with one attached hydrogen (secondary N) is 1. The number of aromatic nitrogens is 3. The van der Waals surface area contributed by atoms with Gasteiger partial charge in [-0.15, -0.1) is 10.2 Å². The molecule has 0 bridgehead atoms. The Morgan fingerprint density at radius 3 is 2.50 bits per heavy atom. The third-order valence-corrected chi connectivity index (χ3v) is 5.40. The van der Waals surface area contributed by atoms with Crippen molar-refractivity contribution in [2.45, 2.75) is 45.4 Å². The summed E-state index contributed by atoms with van der Waals surface area (Å²) >= 11 is 7.16. The van der Waals surface area contributed by atoms with E-state index in [0.29, 0.717) is 28.5 Å². The minimum absolute atomic E-state index is 0.0231. The van der Waals surface area contributed by atoms with Gasteiger partial charge in [0.25, 0.3) is 5.91 Å². The van der Waals surface area contributed by atoms with E-state index >= 15 is 0 Å². The van der Waals surface area contributed by atoms with E-state index in [1.807, 2.05) is 44.4 Å². The van der Waals surface area contributed by atoms with Gasteiger partial charge >= 0.3 is 5.97 Å². The van der Waals surface area contributed by atoms with E-state index in [-0.39, 0.29) is 24.3 Å². The minimum Gasteiger partial charge on any atom is -0.455 e. The van der Waals surface area contributed by atoms with Crippen molar-refractivity contribution in [2.75, 3.05) is 12.4 Å². The average Bonchev–Trinajstić information content (AvgIpc) is 3.08. The largest absolute Gasteiger partial charge is 0.455 e. The number of thioether (sulfide) groups is 1. The molecule has 0 saturated heterocycles. The van der Waals surface area contributed by atoms with E-state index in [9.17, 15) is 9.59 Å². The van der Waals surface area contributed by atoms with Crippen LogP contribution in [0.25, 0.3) is 11.4 Å². The first-order valence-electron chi connectivity index (χ1n) is 9.08. The van der Waals surface area contributed by atoms with Crippen LogP contribution in [0.4, 0.5) is 0 Å². The molecule has 2 rings (SSSR count). The fourth-order valence-electron chi connectivity index (χ4n) is 2.27. The molecule has 0 spiro atoms. The zero-order chi connectivity index (χ0) is 20.7. The molecule has 152 valence electrons. The Bertz CT molecular complexity index is 808. The summed E-state index contributed by atoms with van der Waals surface area (Å²) in [4.78, 5) is 23.7. The van der Waals surface area contributed by atoms with Crippen molar-refractivity contribution in [1.82, 2.24) is 20.1 Å². The molecule has 28 heavy (non-hydrogen) atoms. The summed E-state index contributed by atoms with van der Waals surface area (Å²) in [7, 11) is 0. The molecular formula is C19H25ClN4O3S. The molecule has 1 N–H and O–H groups in total. The molecule has 0 aliphatic rings. The molecule has 9 heteroatoms. The Morgan fingerprint density at radius 2 is 1.89 bits per heavy atom. The molecule has 1 aromatic carbocycles. The second-order valence-electron chi connectivity index (χ2n) is 6.61. The lowest BCUT2D eigenvalue weighted by molar-refractivity contribution is -0.146. The van der Waals surface area contributed by atoms with Crippen molar-refractivity contribution < 1.29 is 14.3 Å². The summed E-state index contributed by atoms with van der Waals surface area (Å²) < 4.78 is 6.96. The van der Waals surface area contributed by atoms with Crippen molar-refractivity contribution in [3.63, 3.8) is 0 Å². The zero-order valence-corrected chi connectivity index (χ0v) is 18.0. The summed E-state index contributed by atoms with van der Waals surface area (Å²) in [6.45, 7) is 8.28. The zero-order valence-electron chi connectivity index (χ0n) is 16.4. The van der Waals surface area contributed by atoms with Crippen LogP contribution in [0, 0.1) is 5.92 Å². The fraction of sp³-hybridized carbons (Fsp3) is 0.474. The first kappa shape index (κ1) is 22.2. The lowest BCUT2D eigenvalue weighted by Crippen LogP contribution is -2.38. The van der Waals surface area contributed by atoms with Gasteiger partial charge in [0.2, 0.25) is 0 Å². The highest BCUT2D eigenvalue weighted by atomic mass is 35.5. The summed E-state index contributed by atoms with van der Waals surface area (Å²) in [5, 5.41) is 12.4. The summed E-state index contributed by atoms with van der Waals surface area (Å²) in [5.41, 5.74) is 0.893. The van der Waals surface area contributed by atoms with E-state index in [1.54, 1.807) is 12.1 Å². The number of esters is 1. The molecule has 1 atom stereocenters. The van der Waals surface area contributed by atoms with Crippen LogP contribution in [-0.2, 0) is 20.9 Å². The van der Waals surface area contributed by atoms with Crippen LogP contribution in [0.1, 0.15) is 27.7 Å². The number of amides is 1. The van der Waals surface area contributed by atoms with E-state index in [2.05, 4.69) is 15.5 Å². The second-order valence-corrected chi connectivity index (χ2v) is 7.99. The molecule has 0 saturated carbocycles. The molecule has 7 nitrogen and oxygen atoms in total. The molecule has 1 aromatic heterocycles. The maximum atomic E-state index is 12.0. The Morgan fingerprint density at radius 1 is 1.21 bits per heavy atom. The van der Waals surface area contributed by atoms with Gasteiger partial charge in [0.05, 0.1) is 5.75 Å². The molecule has 0 radical (unpaired) electrons. The van der Waals surface area contributed by atoms with Crippen LogP contribution in [0.5, 0.6) is 0 Å². The number of nitrogens with zero attached hydrogens (tertiary/aromatic N) is 3. The number of rotatable bonds is 9. The Labute approximate surface area is 174 Å². The molecule has 1 heterocycles. The van der Waals surface area contributed by atoms with Gasteiger partial charge < -0.3 is 14.6 Å². The molecule has 0 aliphatic carbocycles. The van der Waals surface area contributed by atoms with E-state index in [0.717, 1.165) is 5.56 Å². The molecule has 2 aromatic rings. The highest BCUT2D eigenvalue weighted by molar-refractivity contribution is 7.99. The van der Waals surface area contributed by atoms with Crippen LogP contribution in [0.3, 0.4) is 0 Å². The number of carbonyl (C=O) groups is 2. The Kier molecular flexibility index (Phi) is 8.32. The normalized spacial score (nSPS) is 12.1. The van der Waals surface area contributed by atoms with Gasteiger partial charge in [-0.1, -0.05) is 37.2 Å². The van der Waals surface area contributed by atoms with Crippen LogP contribution in [0.15, 0.2) is 29.4 Å². The topological polar surface area (TPSA) is 86.1 Å². The Balaban J connectivity index is 1.89. The highest BCUT2D eigenvalue weighted by Crippen LogP contribution is 2.25. The second kappa shape index (κ2) is 10.5. The first-order valence-corrected chi connectivity index (χ1v) is 10.4. The van der Waals surface area contributed by atoms with Crippen LogP contribution < -0.4 is 5.32 Å². The maximum Gasteiger partial charge on any atom is 0.316 e. The van der Waals surface area contributed by atoms with Crippen LogP contribution in [-0.4, -0.2) is 45.0 Å². The van der Waals surface area contributed by atoms with Crippen molar-refractivity contribution in [3.8, 4) is 11.4 Å². The quantitative estimate of drug-likeness (QED) is 0.490. The van der Waals surface area contributed by atoms with E-state index in [4.69, 9.17) is 16.3 Å². The summed E-state index contributed by atoms with van der Waals surface area (Å²) in [6, 6.07) is 7.35. The lowest BCUT2D eigenvalue weighted by Gasteiger charge is -2.17. The van der Waals surface area contributed by atoms with Gasteiger partial charge in [-0.3, -0.25) is 9.59 Å². The lowest BCUT2D eigenvalue weighted by atomic mass is 10.1. The first-order chi connectivity index (χ1) is 13.3. The average molecular weight is 425 g/mol. The summed E-state index contributed by atoms with van der Waals surface area (Å²) in [5.74, 6) is 0.283. The van der Waals surface area contributed by atoms with Crippen molar-refractivity contribution in [1.29, 1.82) is 0 Å². The maximum absolute atomic E-state index is 12.0. The molecular weight excluding hydrogens is 400 g/mol. The van der Waals surface area contributed by atoms with Crippen molar-refractivity contribution in [3.05, 3.63) is 29.3 Å². The SMILES string of the molecule is CCn1c(SCC(=O)OCC(=O)N[C@H](C)C(C)C)nnc1-c1ccc(Cl)cc1. The molecule has 0 aliphatic heterocycles. The monoisotopic (exact) mass is 424 g/mol. The predicted molar refractivity (Wildman–Crippen MR) is 110 cm³/mol. The predicted octanol–water partition coefficient (Wildman–Crippen LogP) is 3.41. The van der Waals surface area contributed by atoms with E-state index < -0.39 is 5.97 Å². The number of carbonyl (C=O) groups excluding carboxylic acids is 2. The minimum atomic E-state index is -0.476. The number of halogens is 1. The van der Waals surface area contributed by atoms with E-state index in [1.165, 1.54) is 11.8 Å². The van der Waals surface area contributed by atoms with Gasteiger partial charge in [0.1, 0.15) is 0 Å². The van der Waals surface area contributed by atoms with Gasteiger partial charge in [0.15, 0.2) is 17.6 Å². The third kappa shape index (κ3) is 6.24. The van der Waals surface area contributed by atoms with Crippen molar-refractivity contribution in [2.24, 2.45) is 5.92 Å². The number of benzene rings is 1. The molecule has 1 amide bonds. The van der Waals surface area contributed by atoms with Crippen LogP contribution >= 0.6 is 23.4 Å². The third-order valence-electron chi connectivity index (χ3n) is 4.21. The van der Waals surface area contributed by atoms with Crippen LogP contribution in [0.2, 0.25) is 5.02 Å². The number of hydrogen-bond acceptors (Lipinski definition) is 6. The van der Waals surface area contributed by atoms with Gasteiger partial charge in [0, 0.05) is 23.2 Å². The smallest absolute Gasteiger partial charge is 0.316 e.